The lowest BCUT2D eigenvalue weighted by molar-refractivity contribution is 0.114. The van der Waals surface area contributed by atoms with Crippen molar-refractivity contribution in [2.75, 3.05) is 26.2 Å². The van der Waals surface area contributed by atoms with Crippen LogP contribution in [0.15, 0.2) is 40.1 Å². The molecule has 0 saturated carbocycles. The van der Waals surface area contributed by atoms with E-state index in [1.807, 2.05) is 17.5 Å². The van der Waals surface area contributed by atoms with E-state index in [0.29, 0.717) is 35.5 Å². The zero-order chi connectivity index (χ0) is 17.9. The summed E-state index contributed by atoms with van der Waals surface area (Å²) in [4.78, 5) is 5.46. The topological polar surface area (TPSA) is 45.4 Å². The third kappa shape index (κ3) is 3.96. The second-order valence-electron chi connectivity index (χ2n) is 6.23. The van der Waals surface area contributed by atoms with Gasteiger partial charge in [-0.3, -0.25) is 9.80 Å². The zero-order valence-corrected chi connectivity index (χ0v) is 15.6. The van der Waals surface area contributed by atoms with Crippen LogP contribution in [0.2, 0.25) is 5.02 Å². The van der Waals surface area contributed by atoms with E-state index in [0.717, 1.165) is 31.1 Å². The Hall–Kier alpha value is -1.80. The third-order valence-corrected chi connectivity index (χ3v) is 5.68. The van der Waals surface area contributed by atoms with E-state index < -0.39 is 0 Å². The first-order valence-electron chi connectivity index (χ1n) is 8.43. The van der Waals surface area contributed by atoms with Gasteiger partial charge >= 0.3 is 0 Å². The van der Waals surface area contributed by atoms with Gasteiger partial charge in [-0.2, -0.15) is 0 Å². The van der Waals surface area contributed by atoms with Gasteiger partial charge in [0.2, 0.25) is 5.89 Å². The van der Waals surface area contributed by atoms with Crippen LogP contribution in [0.5, 0.6) is 0 Å². The molecule has 1 fully saturated rings. The molecule has 0 bridgehead atoms. The summed E-state index contributed by atoms with van der Waals surface area (Å²) in [5.74, 6) is 0.953. The Morgan fingerprint density at radius 3 is 2.50 bits per heavy atom. The predicted molar refractivity (Wildman–Crippen MR) is 99.6 cm³/mol. The van der Waals surface area contributed by atoms with Gasteiger partial charge in [0.05, 0.1) is 11.4 Å². The molecule has 1 aromatic carbocycles. The highest BCUT2D eigenvalue weighted by Gasteiger charge is 2.21. The fraction of sp³-hybridized carbons (Fsp3) is 0.333. The minimum absolute atomic E-state index is 0.244. The number of benzene rings is 1. The van der Waals surface area contributed by atoms with Crippen LogP contribution in [0.4, 0.5) is 4.39 Å². The molecule has 3 heterocycles. The number of thiophene rings is 1. The molecular weight excluding hydrogens is 375 g/mol. The molecule has 136 valence electrons. The van der Waals surface area contributed by atoms with Gasteiger partial charge in [-0.05, 0) is 23.6 Å². The third-order valence-electron chi connectivity index (χ3n) is 4.47. The molecule has 4 rings (SSSR count). The second kappa shape index (κ2) is 7.84. The van der Waals surface area contributed by atoms with Crippen LogP contribution in [-0.2, 0) is 13.1 Å². The first-order valence-corrected chi connectivity index (χ1v) is 9.68. The minimum Gasteiger partial charge on any atom is -0.419 e. The lowest BCUT2D eigenvalue weighted by Gasteiger charge is -2.34. The Bertz CT molecular complexity index is 842. The zero-order valence-electron chi connectivity index (χ0n) is 14.1. The van der Waals surface area contributed by atoms with Crippen LogP contribution in [0, 0.1) is 5.82 Å². The molecule has 0 amide bonds. The van der Waals surface area contributed by atoms with Gasteiger partial charge in [0.15, 0.2) is 0 Å². The Balaban J connectivity index is 1.31. The molecule has 26 heavy (non-hydrogen) atoms. The first kappa shape index (κ1) is 17.6. The fourth-order valence-electron chi connectivity index (χ4n) is 3.02. The maximum absolute atomic E-state index is 13.9. The van der Waals surface area contributed by atoms with Crippen LogP contribution in [0.3, 0.4) is 0 Å². The summed E-state index contributed by atoms with van der Waals surface area (Å²) in [6, 6.07) is 8.75. The van der Waals surface area contributed by atoms with Gasteiger partial charge < -0.3 is 4.42 Å². The lowest BCUT2D eigenvalue weighted by atomic mass is 10.2. The maximum atomic E-state index is 13.9. The fourth-order valence-corrected chi connectivity index (χ4v) is 3.89. The lowest BCUT2D eigenvalue weighted by Crippen LogP contribution is -2.45. The van der Waals surface area contributed by atoms with Gasteiger partial charge in [0.25, 0.3) is 5.89 Å². The Morgan fingerprint density at radius 1 is 1.04 bits per heavy atom. The Kier molecular flexibility index (Phi) is 5.31. The van der Waals surface area contributed by atoms with Crippen molar-refractivity contribution in [2.24, 2.45) is 0 Å². The predicted octanol–water partition coefficient (Wildman–Crippen LogP) is 3.91. The first-order chi connectivity index (χ1) is 12.7. The molecule has 1 aliphatic rings. The molecule has 2 aromatic heterocycles. The van der Waals surface area contributed by atoms with Crippen molar-refractivity contribution < 1.29 is 8.81 Å². The van der Waals surface area contributed by atoms with E-state index in [1.165, 1.54) is 6.07 Å². The van der Waals surface area contributed by atoms with Crippen molar-refractivity contribution in [3.63, 3.8) is 0 Å². The van der Waals surface area contributed by atoms with Gasteiger partial charge in [-0.25, -0.2) is 4.39 Å². The van der Waals surface area contributed by atoms with E-state index in [1.54, 1.807) is 23.5 Å². The molecule has 0 N–H and O–H groups in total. The van der Waals surface area contributed by atoms with Crippen LogP contribution >= 0.6 is 22.9 Å². The summed E-state index contributed by atoms with van der Waals surface area (Å²) in [5.41, 5.74) is 0.570. The molecule has 1 saturated heterocycles. The van der Waals surface area contributed by atoms with E-state index in [2.05, 4.69) is 20.0 Å². The Labute approximate surface area is 160 Å². The highest BCUT2D eigenvalue weighted by Crippen LogP contribution is 2.24. The molecule has 5 nitrogen and oxygen atoms in total. The molecule has 0 spiro atoms. The van der Waals surface area contributed by atoms with Gasteiger partial charge in [-0.15, -0.1) is 21.5 Å². The normalized spacial score (nSPS) is 16.2. The molecule has 3 aromatic rings. The highest BCUT2D eigenvalue weighted by molar-refractivity contribution is 7.13. The quantitative estimate of drug-likeness (QED) is 0.658. The minimum atomic E-state index is -0.244. The average Bonchev–Trinajstić information content (AvgIpc) is 3.31. The number of rotatable bonds is 5. The van der Waals surface area contributed by atoms with Crippen LogP contribution in [-0.4, -0.2) is 46.2 Å². The maximum Gasteiger partial charge on any atom is 0.257 e. The van der Waals surface area contributed by atoms with E-state index in [4.69, 9.17) is 16.0 Å². The number of hydrogen-bond acceptors (Lipinski definition) is 6. The molecule has 0 unspecified atom stereocenters. The molecule has 1 aliphatic heterocycles. The smallest absolute Gasteiger partial charge is 0.257 e. The van der Waals surface area contributed by atoms with Gasteiger partial charge in [0, 0.05) is 43.3 Å². The van der Waals surface area contributed by atoms with Crippen LogP contribution < -0.4 is 0 Å². The van der Waals surface area contributed by atoms with E-state index >= 15 is 0 Å². The van der Waals surface area contributed by atoms with Crippen molar-refractivity contribution >= 4 is 22.9 Å². The summed E-state index contributed by atoms with van der Waals surface area (Å²) < 4.78 is 19.7. The second-order valence-corrected chi connectivity index (χ2v) is 7.59. The summed E-state index contributed by atoms with van der Waals surface area (Å²) in [5, 5.41) is 10.7. The average molecular weight is 393 g/mol. The van der Waals surface area contributed by atoms with E-state index in [-0.39, 0.29) is 5.82 Å². The SMILES string of the molecule is Fc1cccc(Cl)c1CN1CCN(Cc2nnc(-c3cccs3)o2)CC1. The molecule has 0 aliphatic carbocycles. The number of halogens is 2. The van der Waals surface area contributed by atoms with Crippen LogP contribution in [0.1, 0.15) is 11.5 Å². The highest BCUT2D eigenvalue weighted by atomic mass is 35.5. The van der Waals surface area contributed by atoms with Crippen LogP contribution in [0.25, 0.3) is 10.8 Å². The van der Waals surface area contributed by atoms with Crippen molar-refractivity contribution in [1.29, 1.82) is 0 Å². The summed E-state index contributed by atoms with van der Waals surface area (Å²) in [6.45, 7) is 4.58. The van der Waals surface area contributed by atoms with Gasteiger partial charge in [-0.1, -0.05) is 23.7 Å². The number of nitrogens with zero attached hydrogens (tertiary/aromatic N) is 4. The summed E-state index contributed by atoms with van der Waals surface area (Å²) in [7, 11) is 0. The van der Waals surface area contributed by atoms with Crippen molar-refractivity contribution in [1.82, 2.24) is 20.0 Å². The van der Waals surface area contributed by atoms with Crippen molar-refractivity contribution in [2.45, 2.75) is 13.1 Å². The number of aromatic nitrogens is 2. The molecule has 0 atom stereocenters. The number of hydrogen-bond donors (Lipinski definition) is 0. The summed E-state index contributed by atoms with van der Waals surface area (Å²) >= 11 is 7.71. The molecule has 8 heteroatoms. The van der Waals surface area contributed by atoms with E-state index in [9.17, 15) is 4.39 Å². The summed E-state index contributed by atoms with van der Waals surface area (Å²) in [6.07, 6.45) is 0. The van der Waals surface area contributed by atoms with Crippen molar-refractivity contribution in [3.8, 4) is 10.8 Å². The van der Waals surface area contributed by atoms with Gasteiger partial charge in [0.1, 0.15) is 5.82 Å². The molecule has 0 radical (unpaired) electrons. The van der Waals surface area contributed by atoms with Crippen molar-refractivity contribution in [3.05, 3.63) is 58.0 Å². The Morgan fingerprint density at radius 2 is 1.81 bits per heavy atom. The standard InChI is InChI=1S/C18H18ClFN4OS/c19-14-3-1-4-15(20)13(14)11-23-6-8-24(9-7-23)12-17-21-22-18(25-17)16-5-2-10-26-16/h1-5,10H,6-9,11-12H2. The molecular formula is C18H18ClFN4OS. The largest absolute Gasteiger partial charge is 0.419 e. The number of piperazine rings is 1. The monoisotopic (exact) mass is 392 g/mol.